The van der Waals surface area contributed by atoms with Gasteiger partial charge in [0, 0.05) is 13.5 Å². The highest BCUT2D eigenvalue weighted by Crippen LogP contribution is 2.28. The molecular formula is C12H19BrN6S. The van der Waals surface area contributed by atoms with Gasteiger partial charge in [0.25, 0.3) is 0 Å². The molecule has 20 heavy (non-hydrogen) atoms. The molecule has 0 fully saturated rings. The molecule has 0 amide bonds. The molecule has 110 valence electrons. The standard InChI is InChI=1S/C12H19BrN6S/c1-4-7-11(13)10(19(3)17-7)6-9(15-14)12-8(5-2)16-18-20-12/h9,15H,4-6,14H2,1-3H3. The normalized spacial score (nSPS) is 12.8. The Kier molecular flexibility index (Phi) is 5.25. The van der Waals surface area contributed by atoms with E-state index in [1.54, 1.807) is 0 Å². The molecule has 0 saturated carbocycles. The van der Waals surface area contributed by atoms with Gasteiger partial charge >= 0.3 is 0 Å². The van der Waals surface area contributed by atoms with Gasteiger partial charge in [-0.05, 0) is 40.3 Å². The van der Waals surface area contributed by atoms with E-state index in [2.05, 4.69) is 49.9 Å². The smallest absolute Gasteiger partial charge is 0.0801 e. The Bertz CT molecular complexity index is 579. The van der Waals surface area contributed by atoms with E-state index < -0.39 is 0 Å². The summed E-state index contributed by atoms with van der Waals surface area (Å²) in [4.78, 5) is 1.10. The lowest BCUT2D eigenvalue weighted by molar-refractivity contribution is 0.532. The van der Waals surface area contributed by atoms with Crippen molar-refractivity contribution in [2.75, 3.05) is 0 Å². The third-order valence-electron chi connectivity index (χ3n) is 3.34. The first-order chi connectivity index (χ1) is 9.62. The van der Waals surface area contributed by atoms with Crippen LogP contribution in [-0.4, -0.2) is 19.4 Å². The topological polar surface area (TPSA) is 81.7 Å². The summed E-state index contributed by atoms with van der Waals surface area (Å²) in [6.45, 7) is 4.17. The van der Waals surface area contributed by atoms with Gasteiger partial charge < -0.3 is 0 Å². The Hall–Kier alpha value is -0.830. The molecule has 0 bridgehead atoms. The molecule has 3 N–H and O–H groups in total. The molecule has 6 nitrogen and oxygen atoms in total. The van der Waals surface area contributed by atoms with Crippen LogP contribution in [0.25, 0.3) is 0 Å². The summed E-state index contributed by atoms with van der Waals surface area (Å²) in [6.07, 6.45) is 2.51. The Morgan fingerprint density at radius 2 is 2.05 bits per heavy atom. The van der Waals surface area contributed by atoms with Gasteiger partial charge in [-0.3, -0.25) is 16.0 Å². The minimum atomic E-state index is 0.00126. The van der Waals surface area contributed by atoms with Gasteiger partial charge in [-0.2, -0.15) is 5.10 Å². The van der Waals surface area contributed by atoms with Crippen LogP contribution in [-0.2, 0) is 26.3 Å². The predicted molar refractivity (Wildman–Crippen MR) is 83.3 cm³/mol. The molecule has 0 aromatic carbocycles. The lowest BCUT2D eigenvalue weighted by atomic mass is 10.1. The molecule has 0 aliphatic heterocycles. The molecule has 2 aromatic heterocycles. The molecule has 0 aliphatic carbocycles. The van der Waals surface area contributed by atoms with Crippen molar-refractivity contribution in [2.45, 2.75) is 39.2 Å². The molecule has 0 spiro atoms. The number of hydrazine groups is 1. The Labute approximate surface area is 131 Å². The molecule has 2 heterocycles. The van der Waals surface area contributed by atoms with Crippen LogP contribution in [0.1, 0.15) is 41.8 Å². The summed E-state index contributed by atoms with van der Waals surface area (Å²) in [5.74, 6) is 5.73. The third-order valence-corrected chi connectivity index (χ3v) is 5.13. The summed E-state index contributed by atoms with van der Waals surface area (Å²) < 4.78 is 7.01. The van der Waals surface area contributed by atoms with E-state index in [9.17, 15) is 0 Å². The van der Waals surface area contributed by atoms with Gasteiger partial charge in [-0.1, -0.05) is 18.3 Å². The van der Waals surface area contributed by atoms with Crippen molar-refractivity contribution < 1.29 is 0 Å². The zero-order chi connectivity index (χ0) is 14.7. The number of hydrogen-bond acceptors (Lipinski definition) is 6. The SMILES string of the molecule is CCc1nnsc1C(Cc1c(Br)c(CC)nn1C)NN. The maximum atomic E-state index is 5.73. The van der Waals surface area contributed by atoms with Crippen molar-refractivity contribution in [3.8, 4) is 0 Å². The largest absolute Gasteiger partial charge is 0.271 e. The van der Waals surface area contributed by atoms with Crippen molar-refractivity contribution in [2.24, 2.45) is 12.9 Å². The number of nitrogens with one attached hydrogen (secondary N) is 1. The Balaban J connectivity index is 2.29. The second kappa shape index (κ2) is 6.75. The number of rotatable bonds is 6. The van der Waals surface area contributed by atoms with Gasteiger partial charge in [0.2, 0.25) is 0 Å². The molecule has 1 unspecified atom stereocenters. The third kappa shape index (κ3) is 2.93. The summed E-state index contributed by atoms with van der Waals surface area (Å²) in [5.41, 5.74) is 6.08. The van der Waals surface area contributed by atoms with E-state index in [0.29, 0.717) is 0 Å². The average molecular weight is 359 g/mol. The summed E-state index contributed by atoms with van der Waals surface area (Å²) in [6, 6.07) is 0.00126. The number of hydrogen-bond donors (Lipinski definition) is 2. The zero-order valence-corrected chi connectivity index (χ0v) is 14.3. The fourth-order valence-electron chi connectivity index (χ4n) is 2.19. The van der Waals surface area contributed by atoms with E-state index in [4.69, 9.17) is 5.84 Å². The minimum absolute atomic E-state index is 0.00126. The monoisotopic (exact) mass is 358 g/mol. The first-order valence-corrected chi connectivity index (χ1v) is 8.16. The van der Waals surface area contributed by atoms with E-state index in [1.807, 2.05) is 11.7 Å². The zero-order valence-electron chi connectivity index (χ0n) is 11.9. The van der Waals surface area contributed by atoms with E-state index in [-0.39, 0.29) is 6.04 Å². The molecule has 2 rings (SSSR count). The minimum Gasteiger partial charge on any atom is -0.271 e. The predicted octanol–water partition coefficient (Wildman–Crippen LogP) is 1.91. The summed E-state index contributed by atoms with van der Waals surface area (Å²) in [5, 5.41) is 8.66. The number of nitrogens with zero attached hydrogens (tertiary/aromatic N) is 4. The van der Waals surface area contributed by atoms with Gasteiger partial charge in [-0.15, -0.1) is 5.10 Å². The van der Waals surface area contributed by atoms with Gasteiger partial charge in [0.15, 0.2) is 0 Å². The first-order valence-electron chi connectivity index (χ1n) is 6.59. The van der Waals surface area contributed by atoms with Crippen LogP contribution in [0.3, 0.4) is 0 Å². The highest BCUT2D eigenvalue weighted by Gasteiger charge is 2.22. The number of aryl methyl sites for hydroxylation is 3. The van der Waals surface area contributed by atoms with Crippen molar-refractivity contribution in [3.05, 3.63) is 26.4 Å². The Morgan fingerprint density at radius 3 is 2.60 bits per heavy atom. The van der Waals surface area contributed by atoms with Crippen LogP contribution in [0.15, 0.2) is 4.47 Å². The lowest BCUT2D eigenvalue weighted by Gasteiger charge is -2.15. The van der Waals surface area contributed by atoms with E-state index in [0.717, 1.165) is 45.7 Å². The number of nitrogens with two attached hydrogens (primary N) is 1. The van der Waals surface area contributed by atoms with Crippen LogP contribution in [0.5, 0.6) is 0 Å². The fraction of sp³-hybridized carbons (Fsp3) is 0.583. The highest BCUT2D eigenvalue weighted by molar-refractivity contribution is 9.10. The molecule has 1 atom stereocenters. The van der Waals surface area contributed by atoms with E-state index in [1.165, 1.54) is 11.5 Å². The average Bonchev–Trinajstić information content (AvgIpc) is 3.02. The van der Waals surface area contributed by atoms with Gasteiger partial charge in [0.1, 0.15) is 0 Å². The van der Waals surface area contributed by atoms with Crippen LogP contribution in [0.4, 0.5) is 0 Å². The summed E-state index contributed by atoms with van der Waals surface area (Å²) >= 11 is 5.04. The molecule has 8 heteroatoms. The van der Waals surface area contributed by atoms with Crippen molar-refractivity contribution >= 4 is 27.5 Å². The highest BCUT2D eigenvalue weighted by atomic mass is 79.9. The van der Waals surface area contributed by atoms with Gasteiger partial charge in [-0.25, -0.2) is 0 Å². The van der Waals surface area contributed by atoms with Crippen LogP contribution in [0.2, 0.25) is 0 Å². The maximum Gasteiger partial charge on any atom is 0.0801 e. The molecule has 0 aliphatic rings. The molecular weight excluding hydrogens is 340 g/mol. The molecule has 0 saturated heterocycles. The second-order valence-corrected chi connectivity index (χ2v) is 6.12. The lowest BCUT2D eigenvalue weighted by Crippen LogP contribution is -2.30. The summed E-state index contributed by atoms with van der Waals surface area (Å²) in [7, 11) is 1.96. The van der Waals surface area contributed by atoms with Crippen LogP contribution in [0, 0.1) is 0 Å². The first kappa shape index (κ1) is 15.6. The van der Waals surface area contributed by atoms with E-state index >= 15 is 0 Å². The van der Waals surface area contributed by atoms with Crippen LogP contribution < -0.4 is 11.3 Å². The molecule has 2 aromatic rings. The number of halogens is 1. The van der Waals surface area contributed by atoms with Crippen molar-refractivity contribution in [3.63, 3.8) is 0 Å². The molecule has 0 radical (unpaired) electrons. The van der Waals surface area contributed by atoms with Gasteiger partial charge in [0.05, 0.1) is 32.5 Å². The van der Waals surface area contributed by atoms with Crippen LogP contribution >= 0.6 is 27.5 Å². The second-order valence-electron chi connectivity index (χ2n) is 4.55. The quantitative estimate of drug-likeness (QED) is 0.608. The number of aromatic nitrogens is 4. The Morgan fingerprint density at radius 1 is 1.35 bits per heavy atom. The maximum absolute atomic E-state index is 5.73. The van der Waals surface area contributed by atoms with Crippen molar-refractivity contribution in [1.29, 1.82) is 0 Å². The van der Waals surface area contributed by atoms with Crippen molar-refractivity contribution in [1.82, 2.24) is 24.8 Å². The fourth-order valence-corrected chi connectivity index (χ4v) is 3.76.